The molecule has 7 nitrogen and oxygen atoms in total. The molecule has 184 valence electrons. The number of ether oxygens (including phenoxy) is 1. The van der Waals surface area contributed by atoms with E-state index in [1.54, 1.807) is 17.2 Å². The van der Waals surface area contributed by atoms with Gasteiger partial charge in [-0.15, -0.1) is 0 Å². The second-order valence-electron chi connectivity index (χ2n) is 8.71. The first-order valence-electron chi connectivity index (χ1n) is 12.0. The van der Waals surface area contributed by atoms with Gasteiger partial charge in [0.1, 0.15) is 15.8 Å². The summed E-state index contributed by atoms with van der Waals surface area (Å²) < 4.78 is 7.67. The molecule has 2 aromatic heterocycles. The first kappa shape index (κ1) is 26.4. The maximum absolute atomic E-state index is 13.4. The Morgan fingerprint density at radius 3 is 2.74 bits per heavy atom. The monoisotopic (exact) mass is 502 g/mol. The SMILES string of the molecule is CCCCCCN1C(=O)C(=Cc2c(NCCCOC(C)C)nc3ccc(C)cn3c2=O)SC1=S. The molecule has 0 atom stereocenters. The highest BCUT2D eigenvalue weighted by atomic mass is 32.2. The van der Waals surface area contributed by atoms with Crippen LogP contribution in [0.3, 0.4) is 0 Å². The lowest BCUT2D eigenvalue weighted by Crippen LogP contribution is -2.29. The van der Waals surface area contributed by atoms with E-state index in [9.17, 15) is 9.59 Å². The molecule has 1 aliphatic heterocycles. The van der Waals surface area contributed by atoms with Gasteiger partial charge < -0.3 is 10.1 Å². The Hall–Kier alpha value is -2.23. The van der Waals surface area contributed by atoms with Crippen LogP contribution in [0.2, 0.25) is 0 Å². The number of unbranched alkanes of at least 4 members (excludes halogenated alkanes) is 3. The van der Waals surface area contributed by atoms with E-state index in [-0.39, 0.29) is 17.6 Å². The molecule has 1 fully saturated rings. The quantitative estimate of drug-likeness (QED) is 0.248. The van der Waals surface area contributed by atoms with E-state index >= 15 is 0 Å². The molecule has 1 saturated heterocycles. The van der Waals surface area contributed by atoms with Crippen LogP contribution in [0.5, 0.6) is 0 Å². The van der Waals surface area contributed by atoms with Crippen LogP contribution in [0.1, 0.15) is 64.0 Å². The standard InChI is InChI=1S/C25H34N4O3S2/c1-5-6-7-8-13-28-24(31)20(34-25(28)33)15-19-22(26-12-9-14-32-17(2)3)27-21-11-10-18(4)16-29(21)23(19)30/h10-11,15-17,26H,5-9,12-14H2,1-4H3. The van der Waals surface area contributed by atoms with Gasteiger partial charge in [0.25, 0.3) is 11.5 Å². The molecule has 2 aromatic rings. The number of aryl methyl sites for hydroxylation is 1. The summed E-state index contributed by atoms with van der Waals surface area (Å²) in [6.07, 6.45) is 8.60. The van der Waals surface area contributed by atoms with Crippen molar-refractivity contribution in [2.24, 2.45) is 0 Å². The summed E-state index contributed by atoms with van der Waals surface area (Å²) in [5.41, 5.74) is 1.65. The average molecular weight is 503 g/mol. The predicted octanol–water partition coefficient (Wildman–Crippen LogP) is 5.01. The molecule has 34 heavy (non-hydrogen) atoms. The van der Waals surface area contributed by atoms with Gasteiger partial charge in [-0.3, -0.25) is 18.9 Å². The minimum absolute atomic E-state index is 0.142. The molecule has 3 heterocycles. The van der Waals surface area contributed by atoms with Crippen LogP contribution < -0.4 is 10.9 Å². The van der Waals surface area contributed by atoms with Crippen molar-refractivity contribution in [3.8, 4) is 0 Å². The number of pyridine rings is 1. The molecule has 0 aromatic carbocycles. The summed E-state index contributed by atoms with van der Waals surface area (Å²) in [7, 11) is 0. The third-order valence-corrected chi connectivity index (χ3v) is 6.83. The Morgan fingerprint density at radius 2 is 2.00 bits per heavy atom. The molecule has 0 bridgehead atoms. The van der Waals surface area contributed by atoms with E-state index in [1.165, 1.54) is 16.2 Å². The van der Waals surface area contributed by atoms with Crippen LogP contribution in [0.15, 0.2) is 28.0 Å². The second kappa shape index (κ2) is 12.5. The van der Waals surface area contributed by atoms with Gasteiger partial charge in [0, 0.05) is 25.9 Å². The van der Waals surface area contributed by atoms with E-state index in [0.717, 1.165) is 37.7 Å². The number of hydrogen-bond donors (Lipinski definition) is 1. The Balaban J connectivity index is 1.89. The summed E-state index contributed by atoms with van der Waals surface area (Å²) in [6, 6.07) is 3.74. The van der Waals surface area contributed by atoms with E-state index < -0.39 is 0 Å². The van der Waals surface area contributed by atoms with Crippen molar-refractivity contribution in [2.45, 2.75) is 65.9 Å². The maximum Gasteiger partial charge on any atom is 0.267 e. The molecule has 9 heteroatoms. The minimum Gasteiger partial charge on any atom is -0.379 e. The number of nitrogens with one attached hydrogen (secondary N) is 1. The molecule has 0 saturated carbocycles. The molecule has 1 aliphatic rings. The van der Waals surface area contributed by atoms with Crippen molar-refractivity contribution in [1.29, 1.82) is 0 Å². The van der Waals surface area contributed by atoms with Gasteiger partial charge in [0.05, 0.1) is 16.6 Å². The second-order valence-corrected chi connectivity index (χ2v) is 10.4. The van der Waals surface area contributed by atoms with Crippen LogP contribution >= 0.6 is 24.0 Å². The van der Waals surface area contributed by atoms with Gasteiger partial charge in [0.15, 0.2) is 0 Å². The van der Waals surface area contributed by atoms with Crippen LogP contribution in [-0.2, 0) is 9.53 Å². The fourth-order valence-corrected chi connectivity index (χ4v) is 4.93. The van der Waals surface area contributed by atoms with Gasteiger partial charge in [-0.25, -0.2) is 4.98 Å². The zero-order chi connectivity index (χ0) is 24.7. The van der Waals surface area contributed by atoms with Crippen molar-refractivity contribution in [1.82, 2.24) is 14.3 Å². The summed E-state index contributed by atoms with van der Waals surface area (Å²) in [5.74, 6) is 0.322. The van der Waals surface area contributed by atoms with Gasteiger partial charge >= 0.3 is 0 Å². The lowest BCUT2D eigenvalue weighted by molar-refractivity contribution is -0.122. The number of carbonyl (C=O) groups excluding carboxylic acids is 1. The Kier molecular flexibility index (Phi) is 9.67. The number of nitrogens with zero attached hydrogens (tertiary/aromatic N) is 3. The fraction of sp³-hybridized carbons (Fsp3) is 0.520. The highest BCUT2D eigenvalue weighted by Crippen LogP contribution is 2.33. The lowest BCUT2D eigenvalue weighted by Gasteiger charge is -2.14. The smallest absolute Gasteiger partial charge is 0.267 e. The first-order chi connectivity index (χ1) is 16.3. The number of aromatic nitrogens is 2. The molecule has 0 aliphatic carbocycles. The summed E-state index contributed by atoms with van der Waals surface area (Å²) in [5, 5.41) is 3.28. The summed E-state index contributed by atoms with van der Waals surface area (Å²) >= 11 is 6.71. The molecule has 3 rings (SSSR count). The Labute approximate surface area is 211 Å². The summed E-state index contributed by atoms with van der Waals surface area (Å²) in [6.45, 7) is 9.90. The number of rotatable bonds is 12. The highest BCUT2D eigenvalue weighted by Gasteiger charge is 2.32. The maximum atomic E-state index is 13.4. The number of thiocarbonyl (C=S) groups is 1. The van der Waals surface area contributed by atoms with E-state index in [2.05, 4.69) is 17.2 Å². The van der Waals surface area contributed by atoms with Crippen LogP contribution in [-0.4, -0.2) is 50.3 Å². The topological polar surface area (TPSA) is 75.9 Å². The van der Waals surface area contributed by atoms with Crippen molar-refractivity contribution in [3.05, 3.63) is 44.7 Å². The van der Waals surface area contributed by atoms with Crippen LogP contribution in [0.25, 0.3) is 11.7 Å². The zero-order valence-electron chi connectivity index (χ0n) is 20.4. The highest BCUT2D eigenvalue weighted by molar-refractivity contribution is 8.26. The zero-order valence-corrected chi connectivity index (χ0v) is 22.1. The number of thioether (sulfide) groups is 1. The predicted molar refractivity (Wildman–Crippen MR) is 144 cm³/mol. The number of fused-ring (bicyclic) bond motifs is 1. The van der Waals surface area contributed by atoms with Crippen molar-refractivity contribution >= 4 is 51.7 Å². The number of amides is 1. The molecule has 0 spiro atoms. The molecular weight excluding hydrogens is 468 g/mol. The lowest BCUT2D eigenvalue weighted by atomic mass is 10.2. The minimum atomic E-state index is -0.220. The van der Waals surface area contributed by atoms with Crippen molar-refractivity contribution in [3.63, 3.8) is 0 Å². The molecule has 1 amide bonds. The van der Waals surface area contributed by atoms with Crippen LogP contribution in [0, 0.1) is 6.92 Å². The van der Waals surface area contributed by atoms with Crippen molar-refractivity contribution in [2.75, 3.05) is 25.0 Å². The first-order valence-corrected chi connectivity index (χ1v) is 13.2. The Morgan fingerprint density at radius 1 is 1.21 bits per heavy atom. The molecule has 0 unspecified atom stereocenters. The molecule has 1 N–H and O–H groups in total. The molecule has 0 radical (unpaired) electrons. The number of carbonyl (C=O) groups is 1. The normalized spacial score (nSPS) is 15.3. The van der Waals surface area contributed by atoms with Crippen LogP contribution in [0.4, 0.5) is 5.82 Å². The number of anilines is 1. The van der Waals surface area contributed by atoms with Gasteiger partial charge in [0.2, 0.25) is 0 Å². The van der Waals surface area contributed by atoms with E-state index in [0.29, 0.717) is 46.0 Å². The van der Waals surface area contributed by atoms with Gasteiger partial charge in [-0.1, -0.05) is 56.2 Å². The molecular formula is C25H34N4O3S2. The fourth-order valence-electron chi connectivity index (χ4n) is 3.64. The third-order valence-electron chi connectivity index (χ3n) is 5.45. The third kappa shape index (κ3) is 6.67. The Bertz CT molecular complexity index is 1130. The average Bonchev–Trinajstić information content (AvgIpc) is 3.06. The van der Waals surface area contributed by atoms with Gasteiger partial charge in [-0.05, 0) is 51.3 Å². The number of hydrogen-bond acceptors (Lipinski definition) is 7. The summed E-state index contributed by atoms with van der Waals surface area (Å²) in [4.78, 5) is 33.3. The van der Waals surface area contributed by atoms with Crippen molar-refractivity contribution < 1.29 is 9.53 Å². The largest absolute Gasteiger partial charge is 0.379 e. The van der Waals surface area contributed by atoms with Gasteiger partial charge in [-0.2, -0.15) is 0 Å². The van der Waals surface area contributed by atoms with E-state index in [1.807, 2.05) is 32.9 Å². The van der Waals surface area contributed by atoms with E-state index in [4.69, 9.17) is 17.0 Å².